The zero-order valence-corrected chi connectivity index (χ0v) is 11.4. The lowest BCUT2D eigenvalue weighted by atomic mass is 10.0. The summed E-state index contributed by atoms with van der Waals surface area (Å²) in [5, 5.41) is 5.24. The molecule has 2 heterocycles. The summed E-state index contributed by atoms with van der Waals surface area (Å²) in [6.45, 7) is 0. The molecule has 0 bridgehead atoms. The molecule has 0 amide bonds. The van der Waals surface area contributed by atoms with Crippen LogP contribution in [0.25, 0.3) is 32.4 Å². The predicted octanol–water partition coefficient (Wildman–Crippen LogP) is 4.09. The average Bonchev–Trinajstić information content (AvgIpc) is 2.95. The largest absolute Gasteiger partial charge is 0.383 e. The van der Waals surface area contributed by atoms with Crippen molar-refractivity contribution < 1.29 is 0 Å². The van der Waals surface area contributed by atoms with Crippen LogP contribution in [0.4, 0.5) is 5.82 Å². The van der Waals surface area contributed by atoms with Gasteiger partial charge in [0, 0.05) is 5.56 Å². The number of nitrogens with two attached hydrogens (primary N) is 1. The molecular formula is C16H11N3S. The summed E-state index contributed by atoms with van der Waals surface area (Å²) in [4.78, 5) is 10.0. The standard InChI is InChI=1S/C16H11N3S/c17-14-13-8-9-20-16(13)19-15(18-14)12-7-3-5-10-4-1-2-6-11(10)12/h1-9H,(H2,17,18,19). The first-order chi connectivity index (χ1) is 9.83. The molecule has 0 saturated heterocycles. The second-order valence-electron chi connectivity index (χ2n) is 4.60. The van der Waals surface area contributed by atoms with E-state index in [1.165, 1.54) is 5.39 Å². The Morgan fingerprint density at radius 3 is 2.65 bits per heavy atom. The lowest BCUT2D eigenvalue weighted by molar-refractivity contribution is 1.25. The first kappa shape index (κ1) is 11.4. The van der Waals surface area contributed by atoms with Gasteiger partial charge in [0.25, 0.3) is 0 Å². The quantitative estimate of drug-likeness (QED) is 0.570. The van der Waals surface area contributed by atoms with Gasteiger partial charge in [-0.2, -0.15) is 0 Å². The molecule has 0 saturated carbocycles. The normalized spacial score (nSPS) is 11.2. The van der Waals surface area contributed by atoms with Crippen LogP contribution in [0, 0.1) is 0 Å². The third-order valence-corrected chi connectivity index (χ3v) is 4.19. The van der Waals surface area contributed by atoms with E-state index in [0.717, 1.165) is 21.2 Å². The molecule has 20 heavy (non-hydrogen) atoms. The molecule has 0 aliphatic carbocycles. The van der Waals surface area contributed by atoms with E-state index in [0.29, 0.717) is 11.6 Å². The second kappa shape index (κ2) is 4.28. The van der Waals surface area contributed by atoms with Crippen LogP contribution in [0.5, 0.6) is 0 Å². The predicted molar refractivity (Wildman–Crippen MR) is 84.8 cm³/mol. The summed E-state index contributed by atoms with van der Waals surface area (Å²) in [7, 11) is 0. The molecule has 0 unspecified atom stereocenters. The molecule has 2 aromatic carbocycles. The number of nitrogens with zero attached hydrogens (tertiary/aromatic N) is 2. The van der Waals surface area contributed by atoms with Crippen LogP contribution in [0.3, 0.4) is 0 Å². The maximum atomic E-state index is 6.04. The number of aromatic nitrogens is 2. The molecule has 96 valence electrons. The van der Waals surface area contributed by atoms with Gasteiger partial charge >= 0.3 is 0 Å². The smallest absolute Gasteiger partial charge is 0.163 e. The first-order valence-corrected chi connectivity index (χ1v) is 7.20. The number of thiophene rings is 1. The van der Waals surface area contributed by atoms with Crippen LogP contribution in [-0.2, 0) is 0 Å². The van der Waals surface area contributed by atoms with Crippen LogP contribution < -0.4 is 5.73 Å². The Hall–Kier alpha value is -2.46. The monoisotopic (exact) mass is 277 g/mol. The van der Waals surface area contributed by atoms with E-state index in [-0.39, 0.29) is 0 Å². The molecule has 0 aliphatic heterocycles. The molecule has 0 spiro atoms. The summed E-state index contributed by atoms with van der Waals surface area (Å²) in [5.74, 6) is 1.23. The van der Waals surface area contributed by atoms with E-state index < -0.39 is 0 Å². The van der Waals surface area contributed by atoms with Crippen molar-refractivity contribution in [3.8, 4) is 11.4 Å². The summed E-state index contributed by atoms with van der Waals surface area (Å²) < 4.78 is 0. The Kier molecular flexibility index (Phi) is 2.44. The van der Waals surface area contributed by atoms with Gasteiger partial charge in [-0.1, -0.05) is 42.5 Å². The zero-order valence-electron chi connectivity index (χ0n) is 10.6. The van der Waals surface area contributed by atoms with Gasteiger partial charge in [-0.3, -0.25) is 0 Å². The minimum Gasteiger partial charge on any atom is -0.383 e. The number of anilines is 1. The zero-order chi connectivity index (χ0) is 13.5. The fourth-order valence-electron chi connectivity index (χ4n) is 2.42. The second-order valence-corrected chi connectivity index (χ2v) is 5.49. The van der Waals surface area contributed by atoms with Gasteiger partial charge in [-0.25, -0.2) is 9.97 Å². The van der Waals surface area contributed by atoms with Crippen LogP contribution in [0.2, 0.25) is 0 Å². The Labute approximate surface area is 119 Å². The Balaban J connectivity index is 2.06. The lowest BCUT2D eigenvalue weighted by Gasteiger charge is -2.06. The van der Waals surface area contributed by atoms with Crippen LogP contribution in [0.15, 0.2) is 53.9 Å². The highest BCUT2D eigenvalue weighted by molar-refractivity contribution is 7.16. The number of nitrogen functional groups attached to an aromatic ring is 1. The molecule has 4 aromatic rings. The molecule has 0 radical (unpaired) electrons. The summed E-state index contributed by atoms with van der Waals surface area (Å²) in [5.41, 5.74) is 7.06. The van der Waals surface area contributed by atoms with E-state index in [1.807, 2.05) is 35.7 Å². The third kappa shape index (κ3) is 1.66. The van der Waals surface area contributed by atoms with Gasteiger partial charge in [-0.15, -0.1) is 11.3 Å². The Morgan fingerprint density at radius 1 is 0.850 bits per heavy atom. The van der Waals surface area contributed by atoms with E-state index in [2.05, 4.69) is 28.2 Å². The van der Waals surface area contributed by atoms with E-state index in [4.69, 9.17) is 5.73 Å². The Morgan fingerprint density at radius 2 is 1.70 bits per heavy atom. The third-order valence-electron chi connectivity index (χ3n) is 3.39. The van der Waals surface area contributed by atoms with Gasteiger partial charge < -0.3 is 5.73 Å². The summed E-state index contributed by atoms with van der Waals surface area (Å²) in [6.07, 6.45) is 0. The van der Waals surface area contributed by atoms with Crippen molar-refractivity contribution in [1.82, 2.24) is 9.97 Å². The van der Waals surface area contributed by atoms with E-state index in [1.54, 1.807) is 11.3 Å². The molecule has 2 N–H and O–H groups in total. The summed E-state index contributed by atoms with van der Waals surface area (Å²) in [6, 6.07) is 16.3. The van der Waals surface area contributed by atoms with Crippen molar-refractivity contribution in [1.29, 1.82) is 0 Å². The number of rotatable bonds is 1. The number of benzene rings is 2. The van der Waals surface area contributed by atoms with Gasteiger partial charge in [0.05, 0.1) is 5.39 Å². The van der Waals surface area contributed by atoms with Crippen molar-refractivity contribution in [2.75, 3.05) is 5.73 Å². The van der Waals surface area contributed by atoms with E-state index >= 15 is 0 Å². The van der Waals surface area contributed by atoms with Gasteiger partial charge in [0.2, 0.25) is 0 Å². The maximum absolute atomic E-state index is 6.04. The van der Waals surface area contributed by atoms with Crippen molar-refractivity contribution >= 4 is 38.1 Å². The Bertz CT molecular complexity index is 922. The number of fused-ring (bicyclic) bond motifs is 2. The molecule has 2 aromatic heterocycles. The van der Waals surface area contributed by atoms with Crippen LogP contribution in [-0.4, -0.2) is 9.97 Å². The minimum absolute atomic E-state index is 0.541. The topological polar surface area (TPSA) is 51.8 Å². The van der Waals surface area contributed by atoms with Gasteiger partial charge in [0.15, 0.2) is 5.82 Å². The van der Waals surface area contributed by atoms with Crippen molar-refractivity contribution in [3.63, 3.8) is 0 Å². The van der Waals surface area contributed by atoms with Crippen molar-refractivity contribution in [3.05, 3.63) is 53.9 Å². The van der Waals surface area contributed by atoms with Gasteiger partial charge in [-0.05, 0) is 22.2 Å². The number of hydrogen-bond donors (Lipinski definition) is 1. The average molecular weight is 277 g/mol. The highest BCUT2D eigenvalue weighted by Gasteiger charge is 2.10. The number of hydrogen-bond acceptors (Lipinski definition) is 4. The molecule has 0 atom stereocenters. The fraction of sp³-hybridized carbons (Fsp3) is 0. The minimum atomic E-state index is 0.541. The highest BCUT2D eigenvalue weighted by Crippen LogP contribution is 2.30. The molecule has 0 fully saturated rings. The van der Waals surface area contributed by atoms with Gasteiger partial charge in [0.1, 0.15) is 10.6 Å². The van der Waals surface area contributed by atoms with E-state index in [9.17, 15) is 0 Å². The van der Waals surface area contributed by atoms with Crippen LogP contribution in [0.1, 0.15) is 0 Å². The maximum Gasteiger partial charge on any atom is 0.163 e. The molecule has 4 rings (SSSR count). The molecule has 4 heteroatoms. The lowest BCUT2D eigenvalue weighted by Crippen LogP contribution is -1.96. The fourth-order valence-corrected chi connectivity index (χ4v) is 3.19. The van der Waals surface area contributed by atoms with Crippen molar-refractivity contribution in [2.24, 2.45) is 0 Å². The SMILES string of the molecule is Nc1nc(-c2cccc3ccccc23)nc2sccc12. The van der Waals surface area contributed by atoms with Crippen molar-refractivity contribution in [2.45, 2.75) is 0 Å². The highest BCUT2D eigenvalue weighted by atomic mass is 32.1. The summed E-state index contributed by atoms with van der Waals surface area (Å²) >= 11 is 1.58. The molecule has 0 aliphatic rings. The molecular weight excluding hydrogens is 266 g/mol. The first-order valence-electron chi connectivity index (χ1n) is 6.32. The molecule has 3 nitrogen and oxygen atoms in total. The van der Waals surface area contributed by atoms with Crippen LogP contribution >= 0.6 is 11.3 Å².